The molecule has 1 amide bonds. The summed E-state index contributed by atoms with van der Waals surface area (Å²) in [6, 6.07) is -0.227. The van der Waals surface area contributed by atoms with E-state index in [0.29, 0.717) is 5.92 Å². The highest BCUT2D eigenvalue weighted by atomic mass is 32.2. The van der Waals surface area contributed by atoms with Crippen LogP contribution in [0.1, 0.15) is 81.1 Å². The van der Waals surface area contributed by atoms with E-state index in [1.807, 2.05) is 13.0 Å². The predicted molar refractivity (Wildman–Crippen MR) is 157 cm³/mol. The van der Waals surface area contributed by atoms with Crippen LogP contribution in [-0.2, 0) is 23.7 Å². The lowest BCUT2D eigenvalue weighted by atomic mass is 9.69. The van der Waals surface area contributed by atoms with Gasteiger partial charge in [-0.15, -0.1) is 0 Å². The molecule has 2 saturated carbocycles. The van der Waals surface area contributed by atoms with E-state index >= 15 is 0 Å². The molecule has 37 heavy (non-hydrogen) atoms. The average molecular weight is 572 g/mol. The van der Waals surface area contributed by atoms with E-state index in [4.69, 9.17) is 8.85 Å². The molecule has 1 spiro atoms. The lowest BCUT2D eigenvalue weighted by Gasteiger charge is -2.46. The maximum Gasteiger partial charge on any atom is 0.241 e. The Morgan fingerprint density at radius 2 is 1.68 bits per heavy atom. The van der Waals surface area contributed by atoms with Crippen LogP contribution in [0, 0.1) is 22.2 Å². The molecule has 3 fully saturated rings. The SMILES string of the molecule is C/C=C(\O[Si](C)(C)C)C(C)(C)[C@H](CC(=O)N1[C@H]2C[C@H]3CC[C@]2(CS1(=O)=O)C3(C)C)O[Si](C)(C)C(C)(C)C. The summed E-state index contributed by atoms with van der Waals surface area (Å²) in [6.45, 7) is 27.9. The summed E-state index contributed by atoms with van der Waals surface area (Å²) >= 11 is 0. The molecule has 0 unspecified atom stereocenters. The first-order valence-corrected chi connectivity index (χ1v) is 21.9. The number of hydrogen-bond donors (Lipinski definition) is 0. The summed E-state index contributed by atoms with van der Waals surface area (Å²) in [6.07, 6.45) is 4.26. The second-order valence-electron chi connectivity index (χ2n) is 15.5. The molecule has 2 bridgehead atoms. The first-order valence-electron chi connectivity index (χ1n) is 14.0. The quantitative estimate of drug-likeness (QED) is 0.234. The fraction of sp³-hybridized carbons (Fsp3) is 0.893. The second kappa shape index (κ2) is 9.20. The van der Waals surface area contributed by atoms with Gasteiger partial charge in [-0.05, 0) is 75.3 Å². The van der Waals surface area contributed by atoms with Crippen LogP contribution < -0.4 is 0 Å². The number of amides is 1. The van der Waals surface area contributed by atoms with Gasteiger partial charge < -0.3 is 8.85 Å². The van der Waals surface area contributed by atoms with Gasteiger partial charge in [-0.3, -0.25) is 4.79 Å². The van der Waals surface area contributed by atoms with Gasteiger partial charge in [0.05, 0.1) is 30.1 Å². The van der Waals surface area contributed by atoms with Gasteiger partial charge in [0.2, 0.25) is 24.2 Å². The summed E-state index contributed by atoms with van der Waals surface area (Å²) in [7, 11) is -7.90. The molecule has 9 heteroatoms. The average Bonchev–Trinajstić information content (AvgIpc) is 3.17. The fourth-order valence-electron chi connectivity index (χ4n) is 6.89. The number of allylic oxidation sites excluding steroid dienone is 1. The zero-order valence-corrected chi connectivity index (χ0v) is 28.6. The maximum atomic E-state index is 14.1. The van der Waals surface area contributed by atoms with Crippen molar-refractivity contribution in [3.63, 3.8) is 0 Å². The van der Waals surface area contributed by atoms with Crippen LogP contribution in [-0.4, -0.2) is 53.2 Å². The summed E-state index contributed by atoms with van der Waals surface area (Å²) in [5.41, 5.74) is -0.998. The predicted octanol–water partition coefficient (Wildman–Crippen LogP) is 6.92. The van der Waals surface area contributed by atoms with E-state index in [1.54, 1.807) is 0 Å². The van der Waals surface area contributed by atoms with Crippen molar-refractivity contribution < 1.29 is 22.1 Å². The molecule has 2 aliphatic carbocycles. The molecule has 0 aromatic heterocycles. The van der Waals surface area contributed by atoms with Gasteiger partial charge in [0, 0.05) is 10.8 Å². The monoisotopic (exact) mass is 571 g/mol. The maximum absolute atomic E-state index is 14.1. The zero-order chi connectivity index (χ0) is 28.6. The topological polar surface area (TPSA) is 72.9 Å². The summed E-state index contributed by atoms with van der Waals surface area (Å²) < 4.78 is 41.9. The molecule has 0 radical (unpaired) electrons. The minimum Gasteiger partial charge on any atom is -0.547 e. The van der Waals surface area contributed by atoms with Crippen LogP contribution in [0.2, 0.25) is 37.8 Å². The molecular formula is C28H53NO5SSi2. The van der Waals surface area contributed by atoms with E-state index < -0.39 is 38.2 Å². The van der Waals surface area contributed by atoms with Gasteiger partial charge in [0.1, 0.15) is 0 Å². The third-order valence-electron chi connectivity index (χ3n) is 10.4. The van der Waals surface area contributed by atoms with Gasteiger partial charge in [0.25, 0.3) is 0 Å². The second-order valence-corrected chi connectivity index (χ2v) is 26.5. The van der Waals surface area contributed by atoms with Crippen LogP contribution in [0.15, 0.2) is 11.8 Å². The van der Waals surface area contributed by atoms with Crippen LogP contribution in [0.5, 0.6) is 0 Å². The van der Waals surface area contributed by atoms with E-state index in [9.17, 15) is 13.2 Å². The molecule has 3 rings (SSSR count). The van der Waals surface area contributed by atoms with Gasteiger partial charge >= 0.3 is 0 Å². The Labute approximate surface area is 229 Å². The smallest absolute Gasteiger partial charge is 0.241 e. The number of carbonyl (C=O) groups excluding carboxylic acids is 1. The Bertz CT molecular complexity index is 1050. The molecule has 1 saturated heterocycles. The van der Waals surface area contributed by atoms with E-state index in [-0.39, 0.29) is 40.0 Å². The third kappa shape index (κ3) is 5.15. The zero-order valence-electron chi connectivity index (χ0n) is 25.7. The molecule has 0 aromatic rings. The minimum absolute atomic E-state index is 0.0306. The number of hydrogen-bond acceptors (Lipinski definition) is 5. The van der Waals surface area contributed by atoms with Crippen LogP contribution in [0.25, 0.3) is 0 Å². The van der Waals surface area contributed by atoms with E-state index in [0.717, 1.165) is 25.0 Å². The van der Waals surface area contributed by atoms with Crippen molar-refractivity contribution in [2.45, 2.75) is 131 Å². The Hall–Kier alpha value is -0.646. The highest BCUT2D eigenvalue weighted by Gasteiger charge is 2.72. The number of nitrogens with zero attached hydrogens (tertiary/aromatic N) is 1. The normalized spacial score (nSPS) is 30.4. The Morgan fingerprint density at radius 3 is 2.14 bits per heavy atom. The molecule has 6 nitrogen and oxygen atoms in total. The van der Waals surface area contributed by atoms with Crippen molar-refractivity contribution in [1.82, 2.24) is 4.31 Å². The molecule has 214 valence electrons. The van der Waals surface area contributed by atoms with Crippen molar-refractivity contribution in [3.05, 3.63) is 11.8 Å². The summed E-state index contributed by atoms with van der Waals surface area (Å²) in [4.78, 5) is 14.1. The van der Waals surface area contributed by atoms with Gasteiger partial charge in [-0.1, -0.05) is 54.5 Å². The first-order chi connectivity index (χ1) is 16.4. The van der Waals surface area contributed by atoms with Crippen molar-refractivity contribution in [3.8, 4) is 0 Å². The molecule has 1 aliphatic heterocycles. The van der Waals surface area contributed by atoms with Crippen molar-refractivity contribution in [2.24, 2.45) is 22.2 Å². The molecule has 4 atom stereocenters. The van der Waals surface area contributed by atoms with E-state index in [2.05, 4.69) is 81.2 Å². The molecule has 3 aliphatic rings. The molecule has 1 heterocycles. The minimum atomic E-state index is -3.68. The number of carbonyl (C=O) groups is 1. The number of sulfonamides is 1. The van der Waals surface area contributed by atoms with Gasteiger partial charge in [-0.2, -0.15) is 0 Å². The lowest BCUT2D eigenvalue weighted by Crippen LogP contribution is -2.52. The van der Waals surface area contributed by atoms with E-state index in [1.165, 1.54) is 4.31 Å². The summed E-state index contributed by atoms with van der Waals surface area (Å²) in [5, 5.41) is -0.0570. The first kappa shape index (κ1) is 30.9. The highest BCUT2D eigenvalue weighted by Crippen LogP contribution is 2.70. The van der Waals surface area contributed by atoms with Crippen molar-refractivity contribution in [2.75, 3.05) is 5.75 Å². The van der Waals surface area contributed by atoms with Crippen LogP contribution in [0.3, 0.4) is 0 Å². The highest BCUT2D eigenvalue weighted by molar-refractivity contribution is 7.90. The number of fused-ring (bicyclic) bond motifs is 1. The summed E-state index contributed by atoms with van der Waals surface area (Å²) in [5.74, 6) is 1.07. The fourth-order valence-corrected chi connectivity index (χ4v) is 11.9. The standard InChI is InChI=1S/C28H53NO5SSi2/c1-14-22(33-36(9,10)11)26(5,6)23(34-37(12,13)25(2,3)4)18-24(30)29-21-17-20-15-16-28(21,27(20,7)8)19-35(29,31)32/h14,20-21,23H,15-19H2,1-13H3/b22-14-/t20-,21+,23+,28-/m1/s1. The Morgan fingerprint density at radius 1 is 1.11 bits per heavy atom. The largest absolute Gasteiger partial charge is 0.547 e. The Balaban J connectivity index is 2.00. The molecular weight excluding hydrogens is 519 g/mol. The lowest BCUT2D eigenvalue weighted by molar-refractivity contribution is -0.132. The van der Waals surface area contributed by atoms with Gasteiger partial charge in [0.15, 0.2) is 8.32 Å². The van der Waals surface area contributed by atoms with Crippen molar-refractivity contribution >= 4 is 32.6 Å². The van der Waals surface area contributed by atoms with Crippen LogP contribution in [0.4, 0.5) is 0 Å². The molecule has 0 aromatic carbocycles. The Kier molecular flexibility index (Phi) is 7.68. The molecule has 0 N–H and O–H groups in total. The van der Waals surface area contributed by atoms with Crippen LogP contribution >= 0.6 is 0 Å². The van der Waals surface area contributed by atoms with Crippen molar-refractivity contribution in [1.29, 1.82) is 0 Å². The third-order valence-corrected chi connectivity index (χ3v) is 17.6. The van der Waals surface area contributed by atoms with Gasteiger partial charge in [-0.25, -0.2) is 12.7 Å². The number of rotatable bonds is 8.